The van der Waals surface area contributed by atoms with Crippen molar-refractivity contribution in [2.24, 2.45) is 5.92 Å². The Labute approximate surface area is 115 Å². The first-order valence-corrected chi connectivity index (χ1v) is 6.58. The van der Waals surface area contributed by atoms with Crippen LogP contribution >= 0.6 is 0 Å². The third-order valence-corrected chi connectivity index (χ3v) is 2.56. The highest BCUT2D eigenvalue weighted by Crippen LogP contribution is 2.16. The number of esters is 1. The van der Waals surface area contributed by atoms with Crippen LogP contribution < -0.4 is 0 Å². The molecular formula is C16H22O3. The highest BCUT2D eigenvalue weighted by Gasteiger charge is 2.20. The van der Waals surface area contributed by atoms with Gasteiger partial charge in [-0.1, -0.05) is 37.3 Å². The molecule has 1 atom stereocenters. The first-order chi connectivity index (χ1) is 8.78. The number of ketones is 1. The molecule has 1 aromatic rings. The van der Waals surface area contributed by atoms with Crippen LogP contribution in [0.25, 0.3) is 0 Å². The molecule has 0 N–H and O–H groups in total. The molecule has 1 aromatic carbocycles. The van der Waals surface area contributed by atoms with Crippen LogP contribution in [0.2, 0.25) is 0 Å². The first-order valence-electron chi connectivity index (χ1n) is 6.58. The number of carbonyl (C=O) groups excluding carboxylic acids is 2. The average Bonchev–Trinajstić information content (AvgIpc) is 2.27. The largest absolute Gasteiger partial charge is 0.460 e. The van der Waals surface area contributed by atoms with Gasteiger partial charge in [0.25, 0.3) is 0 Å². The van der Waals surface area contributed by atoms with E-state index in [-0.39, 0.29) is 24.1 Å². The minimum absolute atomic E-state index is 0.0115. The molecule has 0 saturated carbocycles. The molecular weight excluding hydrogens is 240 g/mol. The molecule has 3 heteroatoms. The highest BCUT2D eigenvalue weighted by atomic mass is 16.6. The van der Waals surface area contributed by atoms with E-state index in [2.05, 4.69) is 0 Å². The molecule has 1 unspecified atom stereocenters. The first kappa shape index (κ1) is 15.4. The Hall–Kier alpha value is -1.64. The Bertz CT molecular complexity index is 429. The summed E-state index contributed by atoms with van der Waals surface area (Å²) in [5.41, 5.74) is 0.221. The number of hydrogen-bond acceptors (Lipinski definition) is 3. The van der Waals surface area contributed by atoms with E-state index in [0.29, 0.717) is 12.0 Å². The third-order valence-electron chi connectivity index (χ3n) is 2.56. The second-order valence-corrected chi connectivity index (χ2v) is 5.89. The number of carbonyl (C=O) groups is 2. The fourth-order valence-electron chi connectivity index (χ4n) is 1.80. The van der Waals surface area contributed by atoms with Gasteiger partial charge in [-0.05, 0) is 26.7 Å². The van der Waals surface area contributed by atoms with Gasteiger partial charge in [0.15, 0.2) is 5.78 Å². The lowest BCUT2D eigenvalue weighted by molar-refractivity contribution is -0.155. The van der Waals surface area contributed by atoms with Gasteiger partial charge in [-0.3, -0.25) is 9.59 Å². The topological polar surface area (TPSA) is 43.4 Å². The standard InChI is InChI=1S/C16H22O3/c1-12(11-15(18)19-16(2,3)4)10-14(17)13-8-6-5-7-9-13/h5-9,12H,10-11H2,1-4H3. The van der Waals surface area contributed by atoms with Crippen molar-refractivity contribution < 1.29 is 14.3 Å². The Morgan fingerprint density at radius 1 is 1.11 bits per heavy atom. The zero-order chi connectivity index (χ0) is 14.5. The van der Waals surface area contributed by atoms with Gasteiger partial charge >= 0.3 is 5.97 Å². The van der Waals surface area contributed by atoms with E-state index in [0.717, 1.165) is 0 Å². The average molecular weight is 262 g/mol. The molecule has 0 saturated heterocycles. The molecule has 0 aliphatic heterocycles. The van der Waals surface area contributed by atoms with Gasteiger partial charge in [-0.2, -0.15) is 0 Å². The molecule has 0 bridgehead atoms. The van der Waals surface area contributed by atoms with Gasteiger partial charge in [0.2, 0.25) is 0 Å². The number of hydrogen-bond donors (Lipinski definition) is 0. The summed E-state index contributed by atoms with van der Waals surface area (Å²) < 4.78 is 5.25. The van der Waals surface area contributed by atoms with E-state index in [4.69, 9.17) is 4.74 Å². The lowest BCUT2D eigenvalue weighted by atomic mass is 9.97. The Morgan fingerprint density at radius 2 is 1.68 bits per heavy atom. The maximum absolute atomic E-state index is 12.0. The molecule has 0 fully saturated rings. The molecule has 19 heavy (non-hydrogen) atoms. The van der Waals surface area contributed by atoms with Crippen LogP contribution in [0.3, 0.4) is 0 Å². The predicted molar refractivity (Wildman–Crippen MR) is 75.0 cm³/mol. The van der Waals surface area contributed by atoms with E-state index in [1.807, 2.05) is 45.9 Å². The Balaban J connectivity index is 2.45. The number of benzene rings is 1. The number of Topliss-reactive ketones (excluding diaryl/α,β-unsaturated/α-hetero) is 1. The second-order valence-electron chi connectivity index (χ2n) is 5.89. The predicted octanol–water partition coefficient (Wildman–Crippen LogP) is 3.63. The molecule has 0 heterocycles. The van der Waals surface area contributed by atoms with Crippen molar-refractivity contribution in [2.45, 2.75) is 46.1 Å². The fourth-order valence-corrected chi connectivity index (χ4v) is 1.80. The van der Waals surface area contributed by atoms with E-state index in [1.165, 1.54) is 0 Å². The van der Waals surface area contributed by atoms with Crippen molar-refractivity contribution in [3.05, 3.63) is 35.9 Å². The van der Waals surface area contributed by atoms with Gasteiger partial charge in [0.1, 0.15) is 5.60 Å². The highest BCUT2D eigenvalue weighted by molar-refractivity contribution is 5.96. The van der Waals surface area contributed by atoms with E-state index < -0.39 is 5.60 Å². The summed E-state index contributed by atoms with van der Waals surface area (Å²) in [5.74, 6) is -0.194. The van der Waals surface area contributed by atoms with Crippen LogP contribution in [0.1, 0.15) is 50.9 Å². The normalized spacial score (nSPS) is 12.8. The molecule has 0 radical (unpaired) electrons. The maximum Gasteiger partial charge on any atom is 0.306 e. The molecule has 0 spiro atoms. The van der Waals surface area contributed by atoms with Crippen molar-refractivity contribution in [3.63, 3.8) is 0 Å². The molecule has 1 rings (SSSR count). The van der Waals surface area contributed by atoms with Crippen LogP contribution in [0.15, 0.2) is 30.3 Å². The zero-order valence-electron chi connectivity index (χ0n) is 12.1. The lowest BCUT2D eigenvalue weighted by Crippen LogP contribution is -2.25. The van der Waals surface area contributed by atoms with Crippen molar-refractivity contribution in [1.29, 1.82) is 0 Å². The summed E-state index contributed by atoms with van der Waals surface area (Å²) in [6.07, 6.45) is 0.638. The molecule has 0 amide bonds. The fraction of sp³-hybridized carbons (Fsp3) is 0.500. The van der Waals surface area contributed by atoms with Crippen molar-refractivity contribution >= 4 is 11.8 Å². The Morgan fingerprint density at radius 3 is 2.21 bits per heavy atom. The van der Waals surface area contributed by atoms with Crippen molar-refractivity contribution in [1.82, 2.24) is 0 Å². The van der Waals surface area contributed by atoms with Crippen LogP contribution in [-0.4, -0.2) is 17.4 Å². The monoisotopic (exact) mass is 262 g/mol. The summed E-state index contributed by atoms with van der Waals surface area (Å²) >= 11 is 0. The summed E-state index contributed by atoms with van der Waals surface area (Å²) in [5, 5.41) is 0. The minimum atomic E-state index is -0.472. The van der Waals surface area contributed by atoms with E-state index in [9.17, 15) is 9.59 Å². The van der Waals surface area contributed by atoms with Gasteiger partial charge in [-0.25, -0.2) is 0 Å². The van der Waals surface area contributed by atoms with Crippen LogP contribution in [0.4, 0.5) is 0 Å². The summed E-state index contributed by atoms with van der Waals surface area (Å²) in [6.45, 7) is 7.41. The zero-order valence-corrected chi connectivity index (χ0v) is 12.1. The van der Waals surface area contributed by atoms with Gasteiger partial charge in [0.05, 0.1) is 0 Å². The summed E-state index contributed by atoms with van der Waals surface area (Å²) in [6, 6.07) is 9.14. The number of rotatable bonds is 5. The minimum Gasteiger partial charge on any atom is -0.460 e. The van der Waals surface area contributed by atoms with Gasteiger partial charge < -0.3 is 4.74 Å². The molecule has 0 aromatic heterocycles. The SMILES string of the molecule is CC(CC(=O)OC(C)(C)C)CC(=O)c1ccccc1. The summed E-state index contributed by atoms with van der Waals surface area (Å²) in [7, 11) is 0. The Kier molecular flexibility index (Phi) is 5.28. The van der Waals surface area contributed by atoms with Crippen LogP contribution in [-0.2, 0) is 9.53 Å². The molecule has 104 valence electrons. The number of ether oxygens (including phenoxy) is 1. The third kappa shape index (κ3) is 6.18. The molecule has 3 nitrogen and oxygen atoms in total. The second kappa shape index (κ2) is 6.50. The lowest BCUT2D eigenvalue weighted by Gasteiger charge is -2.20. The van der Waals surface area contributed by atoms with Crippen LogP contribution in [0, 0.1) is 5.92 Å². The van der Waals surface area contributed by atoms with Gasteiger partial charge in [0, 0.05) is 18.4 Å². The smallest absolute Gasteiger partial charge is 0.306 e. The van der Waals surface area contributed by atoms with Crippen molar-refractivity contribution in [3.8, 4) is 0 Å². The molecule has 0 aliphatic carbocycles. The van der Waals surface area contributed by atoms with Crippen molar-refractivity contribution in [2.75, 3.05) is 0 Å². The summed E-state index contributed by atoms with van der Waals surface area (Å²) in [4.78, 5) is 23.6. The van der Waals surface area contributed by atoms with Gasteiger partial charge in [-0.15, -0.1) is 0 Å². The maximum atomic E-state index is 12.0. The quantitative estimate of drug-likeness (QED) is 0.601. The molecule has 0 aliphatic rings. The van der Waals surface area contributed by atoms with E-state index >= 15 is 0 Å². The van der Waals surface area contributed by atoms with Crippen LogP contribution in [0.5, 0.6) is 0 Å². The van der Waals surface area contributed by atoms with E-state index in [1.54, 1.807) is 12.1 Å².